The molecule has 0 unspecified atom stereocenters. The zero-order valence-electron chi connectivity index (χ0n) is 9.06. The third-order valence-corrected chi connectivity index (χ3v) is 2.01. The van der Waals surface area contributed by atoms with Crippen molar-refractivity contribution in [3.8, 4) is 5.75 Å². The van der Waals surface area contributed by atoms with Gasteiger partial charge in [0.15, 0.2) is 0 Å². The van der Waals surface area contributed by atoms with E-state index in [-0.39, 0.29) is 40.0 Å². The molecule has 1 aromatic rings. The van der Waals surface area contributed by atoms with E-state index in [9.17, 15) is 0 Å². The topological polar surface area (TPSA) is 9.23 Å². The third kappa shape index (κ3) is 3.79. The fraction of sp³-hybridized carbons (Fsp3) is 0.364. The fourth-order valence-electron chi connectivity index (χ4n) is 1.51. The minimum Gasteiger partial charge on any atom is -1.00 e. The minimum absolute atomic E-state index is 0. The van der Waals surface area contributed by atoms with E-state index in [1.54, 1.807) is 7.11 Å². The first-order chi connectivity index (χ1) is 5.69. The number of hydrogen-bond acceptors (Lipinski definition) is 1. The standard InChI is InChI=1S/C11H15O.BrH.Mg/c1-5-10-6-8(2)11(12-4)9(3)7-10;;/h6-7H,1,5H2,2-4H3;1H;/q-1;;+2/p-1. The quantitative estimate of drug-likeness (QED) is 0.509. The Hall–Kier alpha value is 0.266. The summed E-state index contributed by atoms with van der Waals surface area (Å²) in [7, 11) is 1.71. The molecule has 0 fully saturated rings. The number of halogens is 1. The number of aryl methyl sites for hydroxylation is 2. The van der Waals surface area contributed by atoms with Crippen LogP contribution in [0.15, 0.2) is 12.1 Å². The van der Waals surface area contributed by atoms with E-state index in [0.717, 1.165) is 12.2 Å². The Kier molecular flexibility index (Phi) is 8.99. The molecule has 0 N–H and O–H groups in total. The maximum atomic E-state index is 5.25. The molecule has 74 valence electrons. The molecule has 0 aliphatic carbocycles. The smallest absolute Gasteiger partial charge is 1.00 e. The molecule has 0 spiro atoms. The van der Waals surface area contributed by atoms with Crippen LogP contribution in [0, 0.1) is 20.8 Å². The maximum Gasteiger partial charge on any atom is 2.00 e. The summed E-state index contributed by atoms with van der Waals surface area (Å²) in [4.78, 5) is 0. The van der Waals surface area contributed by atoms with Crippen molar-refractivity contribution in [2.24, 2.45) is 0 Å². The first-order valence-corrected chi connectivity index (χ1v) is 4.12. The van der Waals surface area contributed by atoms with Gasteiger partial charge >= 0.3 is 23.1 Å². The van der Waals surface area contributed by atoms with Crippen molar-refractivity contribution in [1.82, 2.24) is 0 Å². The van der Waals surface area contributed by atoms with Crippen LogP contribution in [0.1, 0.15) is 16.7 Å². The zero-order chi connectivity index (χ0) is 9.14. The van der Waals surface area contributed by atoms with E-state index >= 15 is 0 Å². The molecule has 0 bridgehead atoms. The molecule has 1 nitrogen and oxygen atoms in total. The van der Waals surface area contributed by atoms with Crippen molar-refractivity contribution in [3.63, 3.8) is 0 Å². The van der Waals surface area contributed by atoms with Crippen LogP contribution in [0.4, 0.5) is 0 Å². The number of benzene rings is 1. The number of methoxy groups -OCH3 is 1. The molecule has 0 radical (unpaired) electrons. The summed E-state index contributed by atoms with van der Waals surface area (Å²) < 4.78 is 5.25. The molecule has 1 rings (SSSR count). The summed E-state index contributed by atoms with van der Waals surface area (Å²) in [5.41, 5.74) is 3.65. The minimum atomic E-state index is 0. The molecule has 1 aromatic carbocycles. The van der Waals surface area contributed by atoms with Gasteiger partial charge in [-0.25, -0.2) is 0 Å². The largest absolute Gasteiger partial charge is 2.00 e. The molecule has 0 saturated heterocycles. The second-order valence-electron chi connectivity index (χ2n) is 3.01. The van der Waals surface area contributed by atoms with Crippen molar-refractivity contribution in [2.45, 2.75) is 20.3 Å². The van der Waals surface area contributed by atoms with Gasteiger partial charge in [0.05, 0.1) is 7.11 Å². The molecule has 0 heterocycles. The summed E-state index contributed by atoms with van der Waals surface area (Å²) in [6.45, 7) is 7.97. The molecule has 0 aliphatic heterocycles. The molecular formula is C11H15BrMgO. The van der Waals surface area contributed by atoms with Crippen molar-refractivity contribution in [2.75, 3.05) is 7.11 Å². The van der Waals surface area contributed by atoms with Gasteiger partial charge in [-0.05, 0) is 25.0 Å². The first-order valence-electron chi connectivity index (χ1n) is 4.12. The number of rotatable bonds is 2. The third-order valence-electron chi connectivity index (χ3n) is 2.01. The van der Waals surface area contributed by atoms with E-state index in [1.165, 1.54) is 16.7 Å². The van der Waals surface area contributed by atoms with Gasteiger partial charge in [0.25, 0.3) is 0 Å². The van der Waals surface area contributed by atoms with Gasteiger partial charge in [0, 0.05) is 0 Å². The normalized spacial score (nSPS) is 8.57. The van der Waals surface area contributed by atoms with Gasteiger partial charge in [0.2, 0.25) is 0 Å². The second kappa shape index (κ2) is 7.54. The van der Waals surface area contributed by atoms with Crippen LogP contribution >= 0.6 is 0 Å². The summed E-state index contributed by atoms with van der Waals surface area (Å²) in [6, 6.07) is 4.25. The van der Waals surface area contributed by atoms with Crippen LogP contribution in [0.3, 0.4) is 0 Å². The molecule has 0 atom stereocenters. The van der Waals surface area contributed by atoms with Crippen LogP contribution in [-0.2, 0) is 6.42 Å². The first kappa shape index (κ1) is 16.7. The van der Waals surface area contributed by atoms with E-state index in [2.05, 4.69) is 32.9 Å². The zero-order valence-corrected chi connectivity index (χ0v) is 12.1. The Morgan fingerprint density at radius 2 is 1.64 bits per heavy atom. The van der Waals surface area contributed by atoms with E-state index in [0.29, 0.717) is 0 Å². The van der Waals surface area contributed by atoms with Crippen LogP contribution in [0.2, 0.25) is 0 Å². The van der Waals surface area contributed by atoms with E-state index < -0.39 is 0 Å². The van der Waals surface area contributed by atoms with Crippen molar-refractivity contribution in [3.05, 3.63) is 35.7 Å². The fourth-order valence-corrected chi connectivity index (χ4v) is 1.51. The van der Waals surface area contributed by atoms with Crippen LogP contribution in [-0.4, -0.2) is 30.2 Å². The molecule has 0 saturated carbocycles. The van der Waals surface area contributed by atoms with E-state index in [1.807, 2.05) is 0 Å². The van der Waals surface area contributed by atoms with Crippen molar-refractivity contribution >= 4 is 23.1 Å². The van der Waals surface area contributed by atoms with Gasteiger partial charge < -0.3 is 28.6 Å². The molecule has 14 heavy (non-hydrogen) atoms. The predicted molar refractivity (Wildman–Crippen MR) is 57.3 cm³/mol. The molecule has 3 heteroatoms. The van der Waals surface area contributed by atoms with Crippen LogP contribution < -0.4 is 21.7 Å². The summed E-state index contributed by atoms with van der Waals surface area (Å²) in [6.07, 6.45) is 0.839. The number of ether oxygens (including phenoxy) is 1. The Morgan fingerprint density at radius 1 is 1.21 bits per heavy atom. The molecule has 0 aliphatic rings. The maximum absolute atomic E-state index is 5.25. The molecule has 0 aromatic heterocycles. The Labute approximate surface area is 113 Å². The number of hydrogen-bond donors (Lipinski definition) is 0. The Morgan fingerprint density at radius 3 is 1.93 bits per heavy atom. The van der Waals surface area contributed by atoms with Gasteiger partial charge in [-0.15, -0.1) is 0 Å². The molecule has 0 amide bonds. The summed E-state index contributed by atoms with van der Waals surface area (Å²) >= 11 is 0. The predicted octanol–water partition coefficient (Wildman–Crippen LogP) is -0.688. The summed E-state index contributed by atoms with van der Waals surface area (Å²) in [5.74, 6) is 0.993. The van der Waals surface area contributed by atoms with Crippen LogP contribution in [0.25, 0.3) is 0 Å². The van der Waals surface area contributed by atoms with Crippen LogP contribution in [0.5, 0.6) is 5.75 Å². The Balaban J connectivity index is 0. The van der Waals surface area contributed by atoms with Gasteiger partial charge in [-0.1, -0.05) is 17.7 Å². The Bertz CT molecular complexity index is 264. The summed E-state index contributed by atoms with van der Waals surface area (Å²) in [5, 5.41) is 0. The van der Waals surface area contributed by atoms with Gasteiger partial charge in [0.1, 0.15) is 5.75 Å². The van der Waals surface area contributed by atoms with Crippen molar-refractivity contribution in [1.29, 1.82) is 0 Å². The van der Waals surface area contributed by atoms with Crippen molar-refractivity contribution < 1.29 is 21.7 Å². The average Bonchev–Trinajstić information content (AvgIpc) is 2.03. The second-order valence-corrected chi connectivity index (χ2v) is 3.01. The van der Waals surface area contributed by atoms with Gasteiger partial charge in [-0.2, -0.15) is 6.42 Å². The SMILES string of the molecule is [Br-].[CH2-]Cc1cc(C)c(OC)c(C)c1.[Mg+2]. The average molecular weight is 267 g/mol. The molecular weight excluding hydrogens is 252 g/mol. The van der Waals surface area contributed by atoms with Gasteiger partial charge in [-0.3, -0.25) is 0 Å². The monoisotopic (exact) mass is 266 g/mol. The van der Waals surface area contributed by atoms with E-state index in [4.69, 9.17) is 4.74 Å².